The van der Waals surface area contributed by atoms with Crippen molar-refractivity contribution in [1.82, 2.24) is 10.6 Å². The Morgan fingerprint density at radius 3 is 1.63 bits per heavy atom. The van der Waals surface area contributed by atoms with Crippen molar-refractivity contribution in [3.63, 3.8) is 0 Å². The van der Waals surface area contributed by atoms with E-state index in [1.165, 1.54) is 37.3 Å². The van der Waals surface area contributed by atoms with Gasteiger partial charge in [0, 0.05) is 75.4 Å². The van der Waals surface area contributed by atoms with E-state index in [-0.39, 0.29) is 50.4 Å². The van der Waals surface area contributed by atoms with Gasteiger partial charge in [-0.1, -0.05) is 51.1 Å². The molecule has 1 spiro atoms. The average molecular weight is 993 g/mol. The molecule has 0 fully saturated rings. The van der Waals surface area contributed by atoms with E-state index in [4.69, 9.17) is 18.8 Å². The van der Waals surface area contributed by atoms with Crippen LogP contribution in [0.25, 0.3) is 0 Å². The van der Waals surface area contributed by atoms with Crippen molar-refractivity contribution >= 4 is 68.6 Å². The van der Waals surface area contributed by atoms with Crippen molar-refractivity contribution in [3.8, 4) is 0 Å². The standard InChI is InChI=1S/C48H44N6O16S/c1-5-17-49-42(56)27-9-15-39(53(61)62)29(20-27)24-68-45(59)51-31-11-13-34-37(22-31)47(3,4)38-23-32(12-14-35(38)48(34)36-8-6-7-33(26(2)55)41(36)44(58)70-48)52-46(60)69-25-30-21-28(10-16-40(30)54(63)64)43(57)50-18-19-71(65,66)67/h6-16,20-23H,5,17-19,24-25H2,1-4H3,(H,49,56)(H,50,57)(H,51,59)(H,52,60)(H,65,66,67). The third kappa shape index (κ3) is 10.3. The van der Waals surface area contributed by atoms with Gasteiger partial charge >= 0.3 is 18.2 Å². The number of ether oxygens (including phenoxy) is 3. The molecule has 0 radical (unpaired) electrons. The number of hydrogen-bond donors (Lipinski definition) is 5. The molecular formula is C48H44N6O16S. The predicted molar refractivity (Wildman–Crippen MR) is 252 cm³/mol. The Bertz CT molecular complexity index is 3210. The van der Waals surface area contributed by atoms with E-state index in [9.17, 15) is 57.4 Å². The maximum atomic E-state index is 13.9. The highest BCUT2D eigenvalue weighted by Gasteiger charge is 2.56. The number of esters is 1. The van der Waals surface area contributed by atoms with Crippen LogP contribution in [0.3, 0.4) is 0 Å². The zero-order valence-electron chi connectivity index (χ0n) is 38.3. The van der Waals surface area contributed by atoms with E-state index in [1.807, 2.05) is 20.8 Å². The van der Waals surface area contributed by atoms with Crippen LogP contribution in [-0.4, -0.2) is 77.4 Å². The average Bonchev–Trinajstić information content (AvgIpc) is 3.62. The van der Waals surface area contributed by atoms with Crippen LogP contribution in [-0.2, 0) is 48.6 Å². The van der Waals surface area contributed by atoms with Crippen LogP contribution >= 0.6 is 0 Å². The minimum Gasteiger partial charge on any atom is -0.444 e. The molecule has 1 unspecified atom stereocenters. The van der Waals surface area contributed by atoms with E-state index in [2.05, 4.69) is 21.3 Å². The van der Waals surface area contributed by atoms with Crippen LogP contribution in [0, 0.1) is 20.2 Å². The summed E-state index contributed by atoms with van der Waals surface area (Å²) in [5, 5.41) is 33.9. The number of carbonyl (C=O) groups excluding carboxylic acids is 6. The van der Waals surface area contributed by atoms with Crippen molar-refractivity contribution in [2.75, 3.05) is 29.5 Å². The molecule has 1 atom stereocenters. The molecule has 0 aromatic heterocycles. The SMILES string of the molecule is CCCNC(=O)c1ccc([N+](=O)[O-])c(COC(=O)Nc2ccc3c(c2)C(C)(C)c2cc(NC(=O)OCc4cc(C(=O)NCCS(=O)(=O)O)ccc4[N+](=O)[O-])ccc2C32OC(=O)c3c(C(C)=O)cccc32)c1. The molecule has 22 nitrogen and oxygen atoms in total. The number of carbonyl (C=O) groups is 6. The minimum atomic E-state index is -4.38. The Labute approximate surface area is 404 Å². The fourth-order valence-corrected chi connectivity index (χ4v) is 8.92. The van der Waals surface area contributed by atoms with Gasteiger partial charge in [0.2, 0.25) is 0 Å². The van der Waals surface area contributed by atoms with E-state index in [0.29, 0.717) is 40.8 Å². The normalized spacial score (nSPS) is 15.0. The fourth-order valence-electron chi connectivity index (χ4n) is 8.56. The van der Waals surface area contributed by atoms with Crippen LogP contribution in [0.4, 0.5) is 32.3 Å². The van der Waals surface area contributed by atoms with E-state index < -0.39 is 97.9 Å². The summed E-state index contributed by atoms with van der Waals surface area (Å²) in [5.41, 5.74) is -1.01. The van der Waals surface area contributed by atoms with Crippen molar-refractivity contribution < 1.29 is 65.8 Å². The van der Waals surface area contributed by atoms with Crippen molar-refractivity contribution in [2.24, 2.45) is 0 Å². The molecule has 71 heavy (non-hydrogen) atoms. The Hall–Kier alpha value is -8.57. The lowest BCUT2D eigenvalue weighted by molar-refractivity contribution is -0.386. The zero-order valence-corrected chi connectivity index (χ0v) is 39.1. The van der Waals surface area contributed by atoms with E-state index >= 15 is 0 Å². The molecule has 0 saturated heterocycles. The van der Waals surface area contributed by atoms with Gasteiger partial charge in [0.25, 0.3) is 33.3 Å². The van der Waals surface area contributed by atoms with Crippen LogP contribution in [0.2, 0.25) is 0 Å². The molecule has 5 aromatic carbocycles. The summed E-state index contributed by atoms with van der Waals surface area (Å²) in [7, 11) is -4.38. The van der Waals surface area contributed by atoms with Gasteiger partial charge in [-0.3, -0.25) is 49.8 Å². The summed E-state index contributed by atoms with van der Waals surface area (Å²) >= 11 is 0. The Morgan fingerprint density at radius 2 is 1.18 bits per heavy atom. The number of ketones is 1. The van der Waals surface area contributed by atoms with Gasteiger partial charge in [-0.25, -0.2) is 14.4 Å². The number of hydrogen-bond acceptors (Lipinski definition) is 15. The first-order chi connectivity index (χ1) is 33.5. The highest BCUT2D eigenvalue weighted by atomic mass is 32.2. The van der Waals surface area contributed by atoms with Crippen molar-refractivity contribution in [1.29, 1.82) is 0 Å². The summed E-state index contributed by atoms with van der Waals surface area (Å²) < 4.78 is 48.3. The van der Waals surface area contributed by atoms with E-state index in [1.54, 1.807) is 36.4 Å². The summed E-state index contributed by atoms with van der Waals surface area (Å²) in [6.45, 7) is 5.50. The molecule has 5 aromatic rings. The highest BCUT2D eigenvalue weighted by Crippen LogP contribution is 2.57. The maximum Gasteiger partial charge on any atom is 0.411 e. The van der Waals surface area contributed by atoms with Gasteiger partial charge in [0.15, 0.2) is 11.4 Å². The minimum absolute atomic E-state index is 0.0344. The molecule has 0 bridgehead atoms. The maximum absolute atomic E-state index is 13.9. The molecule has 5 N–H and O–H groups in total. The molecule has 23 heteroatoms. The third-order valence-electron chi connectivity index (χ3n) is 11.9. The number of amides is 4. The molecule has 1 aliphatic carbocycles. The number of benzene rings is 5. The first-order valence-corrected chi connectivity index (χ1v) is 23.3. The lowest BCUT2D eigenvalue weighted by atomic mass is 9.61. The van der Waals surface area contributed by atoms with Crippen LogP contribution in [0.15, 0.2) is 91.0 Å². The largest absolute Gasteiger partial charge is 0.444 e. The predicted octanol–water partition coefficient (Wildman–Crippen LogP) is 7.06. The molecule has 7 rings (SSSR count). The lowest BCUT2D eigenvalue weighted by Gasteiger charge is -2.44. The van der Waals surface area contributed by atoms with Gasteiger partial charge in [-0.2, -0.15) is 8.42 Å². The highest BCUT2D eigenvalue weighted by molar-refractivity contribution is 7.85. The molecule has 1 heterocycles. The van der Waals surface area contributed by atoms with Gasteiger partial charge < -0.3 is 24.8 Å². The lowest BCUT2D eigenvalue weighted by Crippen LogP contribution is -2.41. The number of nitrogens with one attached hydrogen (secondary N) is 4. The molecule has 0 saturated carbocycles. The second-order valence-electron chi connectivity index (χ2n) is 16.9. The summed E-state index contributed by atoms with van der Waals surface area (Å²) in [6.07, 6.45) is -1.42. The Morgan fingerprint density at radius 1 is 0.690 bits per heavy atom. The number of nitro benzene ring substituents is 2. The molecule has 4 amide bonds. The molecule has 368 valence electrons. The summed E-state index contributed by atoms with van der Waals surface area (Å²) in [5.74, 6) is -3.23. The number of rotatable bonds is 16. The molecule has 1 aliphatic heterocycles. The van der Waals surface area contributed by atoms with Gasteiger partial charge in [-0.05, 0) is 73.0 Å². The second kappa shape index (κ2) is 19.8. The monoisotopic (exact) mass is 992 g/mol. The first kappa shape index (κ1) is 50.3. The van der Waals surface area contributed by atoms with Gasteiger partial charge in [0.1, 0.15) is 13.2 Å². The third-order valence-corrected chi connectivity index (χ3v) is 12.6. The van der Waals surface area contributed by atoms with Gasteiger partial charge in [0.05, 0.1) is 32.3 Å². The van der Waals surface area contributed by atoms with E-state index in [0.717, 1.165) is 24.3 Å². The van der Waals surface area contributed by atoms with Crippen LogP contribution in [0.5, 0.6) is 0 Å². The van der Waals surface area contributed by atoms with Gasteiger partial charge in [-0.15, -0.1) is 0 Å². The number of anilines is 2. The molecular weight excluding hydrogens is 949 g/mol. The Balaban J connectivity index is 1.19. The quantitative estimate of drug-likeness (QED) is 0.0165. The second-order valence-corrected chi connectivity index (χ2v) is 18.5. The van der Waals surface area contributed by atoms with Crippen molar-refractivity contribution in [3.05, 3.63) is 172 Å². The summed E-state index contributed by atoms with van der Waals surface area (Å²) in [4.78, 5) is 101. The number of fused-ring (bicyclic) bond motifs is 6. The van der Waals surface area contributed by atoms with Crippen LogP contribution in [0.1, 0.15) is 114 Å². The number of nitrogens with zero attached hydrogens (tertiary/aromatic N) is 2. The summed E-state index contributed by atoms with van der Waals surface area (Å²) in [6, 6.07) is 21.2. The van der Waals surface area contributed by atoms with Crippen LogP contribution < -0.4 is 21.3 Å². The first-order valence-electron chi connectivity index (χ1n) is 21.7. The number of Topliss-reactive ketones (excluding diaryl/α,β-unsaturated/α-hetero) is 1. The smallest absolute Gasteiger partial charge is 0.411 e. The van der Waals surface area contributed by atoms with Crippen molar-refractivity contribution in [2.45, 2.75) is 58.3 Å². The number of nitro groups is 2. The fraction of sp³-hybridized carbons (Fsp3) is 0.250. The molecule has 2 aliphatic rings. The zero-order chi connectivity index (χ0) is 51.6. The topological polar surface area (TPSA) is 319 Å². The Kier molecular flexibility index (Phi) is 14.0.